The number of aromatic nitrogens is 1. The van der Waals surface area contributed by atoms with Crippen LogP contribution in [-0.4, -0.2) is 47.1 Å². The van der Waals surface area contributed by atoms with Crippen molar-refractivity contribution < 1.29 is 9.90 Å². The molecule has 1 fully saturated rings. The van der Waals surface area contributed by atoms with Gasteiger partial charge in [-0.25, -0.2) is 4.98 Å². The molecule has 1 aliphatic heterocycles. The van der Waals surface area contributed by atoms with Crippen LogP contribution in [0.5, 0.6) is 5.75 Å². The number of hydrogen-bond donors (Lipinski definition) is 1. The number of carbonyl (C=O) groups is 1. The van der Waals surface area contributed by atoms with Crippen molar-refractivity contribution >= 4 is 22.9 Å². The standard InChI is InChI=1S/C18H23N3O2S/c1-12(2)17-19-13(3)16(24-17)18(23)21-10-8-20(9-11-21)14-6-4-5-7-15(14)22/h4-7,12,22H,8-11H2,1-3H3. The van der Waals surface area contributed by atoms with E-state index in [4.69, 9.17) is 0 Å². The van der Waals surface area contributed by atoms with E-state index < -0.39 is 0 Å². The maximum atomic E-state index is 12.8. The SMILES string of the molecule is Cc1nc(C(C)C)sc1C(=O)N1CCN(c2ccccc2O)CC1. The predicted molar refractivity (Wildman–Crippen MR) is 97.2 cm³/mol. The van der Waals surface area contributed by atoms with Crippen molar-refractivity contribution in [2.24, 2.45) is 0 Å². The molecule has 0 radical (unpaired) electrons. The molecule has 1 amide bonds. The van der Waals surface area contributed by atoms with Crippen LogP contribution in [0.4, 0.5) is 5.69 Å². The first kappa shape index (κ1) is 16.8. The lowest BCUT2D eigenvalue weighted by Crippen LogP contribution is -2.48. The van der Waals surface area contributed by atoms with Crippen molar-refractivity contribution in [1.82, 2.24) is 9.88 Å². The number of nitrogens with zero attached hydrogens (tertiary/aromatic N) is 3. The Morgan fingerprint density at radius 2 is 1.88 bits per heavy atom. The number of amides is 1. The molecule has 0 saturated carbocycles. The molecule has 3 rings (SSSR count). The first-order valence-electron chi connectivity index (χ1n) is 8.27. The molecule has 1 aliphatic rings. The Bertz CT molecular complexity index is 734. The van der Waals surface area contributed by atoms with E-state index >= 15 is 0 Å². The molecule has 128 valence electrons. The van der Waals surface area contributed by atoms with Crippen molar-refractivity contribution in [3.05, 3.63) is 39.8 Å². The lowest BCUT2D eigenvalue weighted by molar-refractivity contribution is 0.0750. The summed E-state index contributed by atoms with van der Waals surface area (Å²) in [6, 6.07) is 7.34. The summed E-state index contributed by atoms with van der Waals surface area (Å²) in [6.07, 6.45) is 0. The molecule has 1 aromatic heterocycles. The van der Waals surface area contributed by atoms with Crippen molar-refractivity contribution in [1.29, 1.82) is 0 Å². The maximum Gasteiger partial charge on any atom is 0.265 e. The van der Waals surface area contributed by atoms with Crippen LogP contribution in [0.25, 0.3) is 0 Å². The van der Waals surface area contributed by atoms with Gasteiger partial charge in [-0.1, -0.05) is 26.0 Å². The molecule has 24 heavy (non-hydrogen) atoms. The van der Waals surface area contributed by atoms with Crippen molar-refractivity contribution in [2.45, 2.75) is 26.7 Å². The molecular weight excluding hydrogens is 322 g/mol. The summed E-state index contributed by atoms with van der Waals surface area (Å²) in [4.78, 5) is 22.1. The Kier molecular flexibility index (Phi) is 4.76. The molecule has 2 aromatic rings. The highest BCUT2D eigenvalue weighted by molar-refractivity contribution is 7.13. The number of piperazine rings is 1. The van der Waals surface area contributed by atoms with E-state index in [0.717, 1.165) is 34.4 Å². The topological polar surface area (TPSA) is 56.7 Å². The number of phenols is 1. The monoisotopic (exact) mass is 345 g/mol. The lowest BCUT2D eigenvalue weighted by atomic mass is 10.2. The summed E-state index contributed by atoms with van der Waals surface area (Å²) in [7, 11) is 0. The fourth-order valence-corrected chi connectivity index (χ4v) is 3.93. The summed E-state index contributed by atoms with van der Waals surface area (Å²) >= 11 is 1.51. The second-order valence-corrected chi connectivity index (χ2v) is 7.42. The van der Waals surface area contributed by atoms with E-state index in [2.05, 4.69) is 23.7 Å². The first-order valence-corrected chi connectivity index (χ1v) is 9.08. The number of para-hydroxylation sites is 2. The Morgan fingerprint density at radius 1 is 1.21 bits per heavy atom. The molecule has 6 heteroatoms. The lowest BCUT2D eigenvalue weighted by Gasteiger charge is -2.36. The van der Waals surface area contributed by atoms with Gasteiger partial charge in [0.25, 0.3) is 5.91 Å². The minimum Gasteiger partial charge on any atom is -0.506 e. The van der Waals surface area contributed by atoms with Gasteiger partial charge in [0.05, 0.1) is 16.4 Å². The predicted octanol–water partition coefficient (Wildman–Crippen LogP) is 3.24. The van der Waals surface area contributed by atoms with Crippen LogP contribution in [0, 0.1) is 6.92 Å². The fourth-order valence-electron chi connectivity index (χ4n) is 2.89. The zero-order valence-electron chi connectivity index (χ0n) is 14.3. The van der Waals surface area contributed by atoms with E-state index in [1.165, 1.54) is 11.3 Å². The number of benzene rings is 1. The van der Waals surface area contributed by atoms with Gasteiger partial charge in [0.15, 0.2) is 0 Å². The quantitative estimate of drug-likeness (QED) is 0.928. The molecule has 1 aromatic carbocycles. The molecule has 0 atom stereocenters. The van der Waals surface area contributed by atoms with Crippen LogP contribution in [-0.2, 0) is 0 Å². The molecule has 0 unspecified atom stereocenters. The zero-order valence-corrected chi connectivity index (χ0v) is 15.1. The molecule has 0 aliphatic carbocycles. The van der Waals surface area contributed by atoms with Crippen LogP contribution in [0.1, 0.15) is 40.1 Å². The minimum absolute atomic E-state index is 0.0776. The van der Waals surface area contributed by atoms with Crippen molar-refractivity contribution in [2.75, 3.05) is 31.1 Å². The van der Waals surface area contributed by atoms with Gasteiger partial charge in [-0.05, 0) is 19.1 Å². The van der Waals surface area contributed by atoms with Gasteiger partial charge >= 0.3 is 0 Å². The molecule has 1 saturated heterocycles. The van der Waals surface area contributed by atoms with Gasteiger partial charge < -0.3 is 14.9 Å². The van der Waals surface area contributed by atoms with E-state index in [1.807, 2.05) is 30.0 Å². The Hall–Kier alpha value is -2.08. The number of carbonyl (C=O) groups excluding carboxylic acids is 1. The van der Waals surface area contributed by atoms with Crippen LogP contribution in [0.3, 0.4) is 0 Å². The van der Waals surface area contributed by atoms with Gasteiger partial charge in [0.1, 0.15) is 10.6 Å². The van der Waals surface area contributed by atoms with Gasteiger partial charge in [0.2, 0.25) is 0 Å². The summed E-state index contributed by atoms with van der Waals surface area (Å²) in [5, 5.41) is 11.0. The fraction of sp³-hybridized carbons (Fsp3) is 0.444. The number of aromatic hydroxyl groups is 1. The van der Waals surface area contributed by atoms with Crippen LogP contribution in [0.15, 0.2) is 24.3 Å². The second kappa shape index (κ2) is 6.81. The molecule has 0 bridgehead atoms. The van der Waals surface area contributed by atoms with E-state index in [-0.39, 0.29) is 11.7 Å². The number of hydrogen-bond acceptors (Lipinski definition) is 5. The average Bonchev–Trinajstić information content (AvgIpc) is 2.97. The van der Waals surface area contributed by atoms with Gasteiger partial charge in [-0.2, -0.15) is 0 Å². The number of thiazole rings is 1. The largest absolute Gasteiger partial charge is 0.506 e. The zero-order chi connectivity index (χ0) is 17.3. The molecule has 1 N–H and O–H groups in total. The van der Waals surface area contributed by atoms with Gasteiger partial charge in [0, 0.05) is 32.1 Å². The highest BCUT2D eigenvalue weighted by Crippen LogP contribution is 2.29. The van der Waals surface area contributed by atoms with Gasteiger partial charge in [-0.15, -0.1) is 11.3 Å². The molecule has 5 nitrogen and oxygen atoms in total. The first-order chi connectivity index (χ1) is 11.5. The third-order valence-corrected chi connectivity index (χ3v) is 5.74. The Balaban J connectivity index is 1.68. The minimum atomic E-state index is 0.0776. The second-order valence-electron chi connectivity index (χ2n) is 6.39. The van der Waals surface area contributed by atoms with E-state index in [0.29, 0.717) is 19.0 Å². The van der Waals surface area contributed by atoms with E-state index in [9.17, 15) is 9.90 Å². The van der Waals surface area contributed by atoms with Crippen molar-refractivity contribution in [3.8, 4) is 5.75 Å². The molecule has 0 spiro atoms. The number of rotatable bonds is 3. The third-order valence-electron chi connectivity index (χ3n) is 4.29. The summed E-state index contributed by atoms with van der Waals surface area (Å²) in [5.41, 5.74) is 1.66. The number of anilines is 1. The average molecular weight is 345 g/mol. The molecule has 2 heterocycles. The van der Waals surface area contributed by atoms with Crippen LogP contribution >= 0.6 is 11.3 Å². The van der Waals surface area contributed by atoms with Crippen LogP contribution < -0.4 is 4.90 Å². The Morgan fingerprint density at radius 3 is 2.46 bits per heavy atom. The summed E-state index contributed by atoms with van der Waals surface area (Å²) in [5.74, 6) is 0.708. The summed E-state index contributed by atoms with van der Waals surface area (Å²) in [6.45, 7) is 8.85. The van der Waals surface area contributed by atoms with E-state index in [1.54, 1.807) is 6.07 Å². The summed E-state index contributed by atoms with van der Waals surface area (Å²) < 4.78 is 0. The highest BCUT2D eigenvalue weighted by atomic mass is 32.1. The highest BCUT2D eigenvalue weighted by Gasteiger charge is 2.26. The van der Waals surface area contributed by atoms with Crippen molar-refractivity contribution in [3.63, 3.8) is 0 Å². The van der Waals surface area contributed by atoms with Gasteiger partial charge in [-0.3, -0.25) is 4.79 Å². The normalized spacial score (nSPS) is 15.2. The number of phenolic OH excluding ortho intramolecular Hbond substituents is 1. The third kappa shape index (κ3) is 3.24. The maximum absolute atomic E-state index is 12.8. The number of aryl methyl sites for hydroxylation is 1. The molecular formula is C18H23N3O2S. The Labute approximate surface area is 146 Å². The smallest absolute Gasteiger partial charge is 0.265 e. The van der Waals surface area contributed by atoms with Crippen LogP contribution in [0.2, 0.25) is 0 Å².